The molecule has 2 unspecified atom stereocenters. The normalized spacial score (nSPS) is 15.1. The summed E-state index contributed by atoms with van der Waals surface area (Å²) in [4.78, 5) is 4.86. The van der Waals surface area contributed by atoms with Crippen molar-refractivity contribution in [3.63, 3.8) is 0 Å². The molecule has 2 heterocycles. The molecule has 0 amide bonds. The number of hydrogen-bond acceptors (Lipinski definition) is 7. The fourth-order valence-corrected chi connectivity index (χ4v) is 2.35. The average Bonchev–Trinajstić information content (AvgIpc) is 2.95. The summed E-state index contributed by atoms with van der Waals surface area (Å²) in [5, 5.41) is 17.7. The molecule has 2 aromatic rings. The Kier molecular flexibility index (Phi) is 4.12. The van der Waals surface area contributed by atoms with Gasteiger partial charge in [0.15, 0.2) is 12.0 Å². The molecule has 0 radical (unpaired) electrons. The molecule has 2 atom stereocenters. The van der Waals surface area contributed by atoms with Crippen LogP contribution in [0.25, 0.3) is 0 Å². The third kappa shape index (κ3) is 3.36. The molecule has 0 aromatic carbocycles. The maximum atomic E-state index is 10.1. The van der Waals surface area contributed by atoms with Crippen LogP contribution in [0, 0.1) is 0 Å². The van der Waals surface area contributed by atoms with Crippen LogP contribution in [0.3, 0.4) is 0 Å². The minimum absolute atomic E-state index is 0.121. The van der Waals surface area contributed by atoms with Crippen molar-refractivity contribution in [2.24, 2.45) is 5.73 Å². The summed E-state index contributed by atoms with van der Waals surface area (Å²) in [5.41, 5.74) is 5.63. The van der Waals surface area contributed by atoms with E-state index >= 15 is 0 Å². The van der Waals surface area contributed by atoms with E-state index < -0.39 is 6.23 Å². The standard InChI is InChI=1S/C13H20N4O2S/c1-7(14)12-15-6-8(20-12)11(18)16-10-5-9(19-17-10)13(2,3)4/h5-7,11,18H,14H2,1-4H3,(H,16,17). The van der Waals surface area contributed by atoms with Gasteiger partial charge in [-0.1, -0.05) is 25.9 Å². The van der Waals surface area contributed by atoms with Gasteiger partial charge in [0.2, 0.25) is 0 Å². The molecule has 6 nitrogen and oxygen atoms in total. The zero-order valence-electron chi connectivity index (χ0n) is 12.0. The van der Waals surface area contributed by atoms with Gasteiger partial charge in [-0.15, -0.1) is 11.3 Å². The summed E-state index contributed by atoms with van der Waals surface area (Å²) in [5.74, 6) is 1.26. The van der Waals surface area contributed by atoms with Gasteiger partial charge < -0.3 is 20.7 Å². The number of nitrogens with two attached hydrogens (primary N) is 1. The van der Waals surface area contributed by atoms with Crippen LogP contribution in [-0.4, -0.2) is 15.2 Å². The number of thiazole rings is 1. The molecule has 0 saturated carbocycles. The first-order valence-corrected chi connectivity index (χ1v) is 7.22. The monoisotopic (exact) mass is 296 g/mol. The molecule has 2 aromatic heterocycles. The van der Waals surface area contributed by atoms with Crippen LogP contribution < -0.4 is 11.1 Å². The van der Waals surface area contributed by atoms with Crippen molar-refractivity contribution < 1.29 is 9.63 Å². The third-order valence-corrected chi connectivity index (χ3v) is 3.99. The lowest BCUT2D eigenvalue weighted by Gasteiger charge is -2.12. The molecule has 0 fully saturated rings. The van der Waals surface area contributed by atoms with Crippen molar-refractivity contribution in [3.05, 3.63) is 27.9 Å². The van der Waals surface area contributed by atoms with Crippen LogP contribution in [0.15, 0.2) is 16.8 Å². The first-order valence-electron chi connectivity index (χ1n) is 6.40. The van der Waals surface area contributed by atoms with E-state index in [2.05, 4.69) is 15.5 Å². The predicted octanol–water partition coefficient (Wildman–Crippen LogP) is 2.55. The van der Waals surface area contributed by atoms with Gasteiger partial charge in [0, 0.05) is 17.7 Å². The highest BCUT2D eigenvalue weighted by Crippen LogP contribution is 2.28. The second kappa shape index (κ2) is 5.51. The first kappa shape index (κ1) is 15.0. The van der Waals surface area contributed by atoms with Gasteiger partial charge in [0.05, 0.1) is 10.9 Å². The average molecular weight is 296 g/mol. The minimum Gasteiger partial charge on any atom is -0.369 e. The largest absolute Gasteiger partial charge is 0.369 e. The molecule has 0 bridgehead atoms. The number of aromatic nitrogens is 2. The van der Waals surface area contributed by atoms with Crippen molar-refractivity contribution in [2.45, 2.75) is 45.4 Å². The Bertz CT molecular complexity index is 571. The van der Waals surface area contributed by atoms with E-state index in [1.807, 2.05) is 27.7 Å². The van der Waals surface area contributed by atoms with E-state index in [0.717, 1.165) is 10.8 Å². The topological polar surface area (TPSA) is 97.2 Å². The Balaban J connectivity index is 2.07. The van der Waals surface area contributed by atoms with Crippen LogP contribution in [0.4, 0.5) is 5.82 Å². The number of rotatable bonds is 4. The van der Waals surface area contributed by atoms with Gasteiger partial charge in [-0.25, -0.2) is 4.98 Å². The molecule has 0 saturated heterocycles. The van der Waals surface area contributed by atoms with Gasteiger partial charge in [0.1, 0.15) is 10.8 Å². The Morgan fingerprint density at radius 2 is 2.15 bits per heavy atom. The van der Waals surface area contributed by atoms with Gasteiger partial charge >= 0.3 is 0 Å². The third-order valence-electron chi connectivity index (χ3n) is 2.73. The number of nitrogens with zero attached hydrogens (tertiary/aromatic N) is 2. The van der Waals surface area contributed by atoms with Crippen LogP contribution in [0.1, 0.15) is 55.6 Å². The lowest BCUT2D eigenvalue weighted by atomic mass is 9.93. The highest BCUT2D eigenvalue weighted by molar-refractivity contribution is 7.11. The molecule has 7 heteroatoms. The SMILES string of the molecule is CC(N)c1ncc(C(O)Nc2cc(C(C)(C)C)on2)s1. The summed E-state index contributed by atoms with van der Waals surface area (Å²) in [6.07, 6.45) is 0.740. The Hall–Kier alpha value is -1.44. The van der Waals surface area contributed by atoms with Crippen LogP contribution in [0.2, 0.25) is 0 Å². The quantitative estimate of drug-likeness (QED) is 0.750. The summed E-state index contributed by atoms with van der Waals surface area (Å²) < 4.78 is 5.25. The Labute approximate surface area is 122 Å². The van der Waals surface area contributed by atoms with Crippen molar-refractivity contribution in [1.82, 2.24) is 10.1 Å². The van der Waals surface area contributed by atoms with Gasteiger partial charge in [-0.3, -0.25) is 0 Å². The van der Waals surface area contributed by atoms with E-state index in [0.29, 0.717) is 10.7 Å². The molecule has 20 heavy (non-hydrogen) atoms. The number of aliphatic hydroxyl groups excluding tert-OH is 1. The fourth-order valence-electron chi connectivity index (χ4n) is 1.55. The molecule has 0 spiro atoms. The van der Waals surface area contributed by atoms with E-state index in [4.69, 9.17) is 10.3 Å². The lowest BCUT2D eigenvalue weighted by Crippen LogP contribution is -2.10. The van der Waals surface area contributed by atoms with Gasteiger partial charge in [-0.2, -0.15) is 0 Å². The zero-order chi connectivity index (χ0) is 14.9. The van der Waals surface area contributed by atoms with Crippen molar-refractivity contribution in [2.75, 3.05) is 5.32 Å². The molecule has 0 aliphatic rings. The highest BCUT2D eigenvalue weighted by Gasteiger charge is 2.21. The molecular formula is C13H20N4O2S. The summed E-state index contributed by atoms with van der Waals surface area (Å²) in [6.45, 7) is 7.96. The Morgan fingerprint density at radius 1 is 1.45 bits per heavy atom. The molecule has 4 N–H and O–H groups in total. The fraction of sp³-hybridized carbons (Fsp3) is 0.538. The van der Waals surface area contributed by atoms with E-state index in [9.17, 15) is 5.11 Å². The summed E-state index contributed by atoms with van der Waals surface area (Å²) in [6, 6.07) is 1.65. The van der Waals surface area contributed by atoms with Crippen molar-refractivity contribution in [3.8, 4) is 0 Å². The van der Waals surface area contributed by atoms with Crippen molar-refractivity contribution >= 4 is 17.2 Å². The molecule has 2 rings (SSSR count). The zero-order valence-corrected chi connectivity index (χ0v) is 12.9. The highest BCUT2D eigenvalue weighted by atomic mass is 32.1. The van der Waals surface area contributed by atoms with Crippen LogP contribution >= 0.6 is 11.3 Å². The summed E-state index contributed by atoms with van der Waals surface area (Å²) >= 11 is 1.37. The minimum atomic E-state index is -0.877. The second-order valence-corrected chi connectivity index (χ2v) is 6.86. The second-order valence-electron chi connectivity index (χ2n) is 5.76. The maximum Gasteiger partial charge on any atom is 0.171 e. The summed E-state index contributed by atoms with van der Waals surface area (Å²) in [7, 11) is 0. The van der Waals surface area contributed by atoms with E-state index in [-0.39, 0.29) is 11.5 Å². The molecule has 110 valence electrons. The maximum absolute atomic E-state index is 10.1. The molecular weight excluding hydrogens is 276 g/mol. The number of anilines is 1. The first-order chi connectivity index (χ1) is 9.27. The number of nitrogens with one attached hydrogen (secondary N) is 1. The van der Waals surface area contributed by atoms with E-state index in [1.54, 1.807) is 12.3 Å². The number of aliphatic hydroxyl groups is 1. The number of hydrogen-bond donors (Lipinski definition) is 3. The van der Waals surface area contributed by atoms with Crippen molar-refractivity contribution in [1.29, 1.82) is 0 Å². The molecule has 0 aliphatic carbocycles. The smallest absolute Gasteiger partial charge is 0.171 e. The van der Waals surface area contributed by atoms with E-state index in [1.165, 1.54) is 11.3 Å². The molecule has 0 aliphatic heterocycles. The van der Waals surface area contributed by atoms with Gasteiger partial charge in [-0.05, 0) is 6.92 Å². The van der Waals surface area contributed by atoms with Crippen LogP contribution in [0.5, 0.6) is 0 Å². The lowest BCUT2D eigenvalue weighted by molar-refractivity contribution is 0.210. The van der Waals surface area contributed by atoms with Crippen LogP contribution in [-0.2, 0) is 5.41 Å². The Morgan fingerprint density at radius 3 is 2.65 bits per heavy atom. The predicted molar refractivity (Wildman–Crippen MR) is 78.5 cm³/mol. The van der Waals surface area contributed by atoms with Gasteiger partial charge in [0.25, 0.3) is 0 Å².